The number of benzene rings is 3. The van der Waals surface area contributed by atoms with E-state index in [1.165, 1.54) is 22.3 Å². The van der Waals surface area contributed by atoms with Gasteiger partial charge in [-0.1, -0.05) is 72.6 Å². The van der Waals surface area contributed by atoms with Gasteiger partial charge >= 0.3 is 0 Å². The van der Waals surface area contributed by atoms with Crippen molar-refractivity contribution >= 4 is 21.9 Å². The molecule has 1 atom stereocenters. The maximum absolute atomic E-state index is 13.8. The number of aryl methyl sites for hydroxylation is 3. The molecule has 0 N–H and O–H groups in total. The van der Waals surface area contributed by atoms with E-state index in [-0.39, 0.29) is 11.5 Å². The van der Waals surface area contributed by atoms with Crippen LogP contribution in [0.4, 0.5) is 0 Å². The van der Waals surface area contributed by atoms with Crippen LogP contribution < -0.4 is 5.56 Å². The molecule has 2 aromatic heterocycles. The molecule has 0 spiro atoms. The van der Waals surface area contributed by atoms with Gasteiger partial charge in [-0.05, 0) is 55.5 Å². The average Bonchev–Trinajstić information content (AvgIpc) is 3.12. The topological polar surface area (TPSA) is 39.8 Å². The molecule has 33 heavy (non-hydrogen) atoms. The van der Waals surface area contributed by atoms with Gasteiger partial charge in [0.2, 0.25) is 0 Å². The summed E-state index contributed by atoms with van der Waals surface area (Å²) in [7, 11) is 0. The monoisotopic (exact) mass is 435 g/mol. The molecule has 4 heteroatoms. The molecule has 0 aliphatic heterocycles. The quantitative estimate of drug-likeness (QED) is 0.333. The van der Waals surface area contributed by atoms with Crippen LogP contribution in [0.5, 0.6) is 0 Å². The number of aromatic nitrogens is 3. The molecule has 0 saturated carbocycles. The highest BCUT2D eigenvalue weighted by molar-refractivity contribution is 6.05. The summed E-state index contributed by atoms with van der Waals surface area (Å²) >= 11 is 0. The Hall–Kier alpha value is -3.66. The van der Waals surface area contributed by atoms with Crippen molar-refractivity contribution in [2.45, 2.75) is 46.7 Å². The highest BCUT2D eigenvalue weighted by atomic mass is 16.1. The van der Waals surface area contributed by atoms with Gasteiger partial charge in [0, 0.05) is 18.5 Å². The van der Waals surface area contributed by atoms with E-state index in [0.717, 1.165) is 22.0 Å². The molecule has 0 unspecified atom stereocenters. The van der Waals surface area contributed by atoms with E-state index >= 15 is 0 Å². The van der Waals surface area contributed by atoms with Gasteiger partial charge < -0.3 is 4.57 Å². The van der Waals surface area contributed by atoms with Gasteiger partial charge in [-0.15, -0.1) is 0 Å². The molecule has 5 rings (SSSR count). The van der Waals surface area contributed by atoms with Crippen LogP contribution in [-0.2, 0) is 13.1 Å². The molecular weight excluding hydrogens is 406 g/mol. The number of fused-ring (bicyclic) bond motifs is 3. The second-order valence-corrected chi connectivity index (χ2v) is 9.25. The van der Waals surface area contributed by atoms with Gasteiger partial charge in [0.05, 0.1) is 11.8 Å². The molecule has 5 aromatic rings. The number of rotatable bonds is 5. The number of hydrogen-bond acceptors (Lipinski definition) is 2. The third-order valence-electron chi connectivity index (χ3n) is 6.65. The zero-order valence-corrected chi connectivity index (χ0v) is 19.7. The third-order valence-corrected chi connectivity index (χ3v) is 6.65. The Labute approximate surface area is 194 Å². The van der Waals surface area contributed by atoms with Crippen LogP contribution in [-0.4, -0.2) is 14.1 Å². The van der Waals surface area contributed by atoms with Crippen molar-refractivity contribution in [1.82, 2.24) is 14.1 Å². The summed E-state index contributed by atoms with van der Waals surface area (Å²) in [6, 6.07) is 23.2. The van der Waals surface area contributed by atoms with Crippen molar-refractivity contribution < 1.29 is 0 Å². The predicted molar refractivity (Wildman–Crippen MR) is 136 cm³/mol. The lowest BCUT2D eigenvalue weighted by Crippen LogP contribution is -2.24. The minimum atomic E-state index is 0.0157. The van der Waals surface area contributed by atoms with E-state index in [9.17, 15) is 4.79 Å². The fourth-order valence-corrected chi connectivity index (χ4v) is 4.73. The molecule has 0 aliphatic rings. The fraction of sp³-hybridized carbons (Fsp3) is 0.241. The molecule has 4 nitrogen and oxygen atoms in total. The average molecular weight is 436 g/mol. The lowest BCUT2D eigenvalue weighted by Gasteiger charge is -2.15. The van der Waals surface area contributed by atoms with E-state index < -0.39 is 0 Å². The van der Waals surface area contributed by atoms with E-state index in [2.05, 4.69) is 80.8 Å². The SMILES string of the molecule is Cc1ccc(C)c(Cn2c3ccc(C)cc3c3ncn(C[C@@H](C)c4ccccc4)c(=O)c32)c1. The third kappa shape index (κ3) is 3.86. The van der Waals surface area contributed by atoms with Gasteiger partial charge in [0.1, 0.15) is 11.0 Å². The van der Waals surface area contributed by atoms with E-state index in [1.807, 2.05) is 18.2 Å². The van der Waals surface area contributed by atoms with Crippen molar-refractivity contribution in [3.8, 4) is 0 Å². The van der Waals surface area contributed by atoms with E-state index in [0.29, 0.717) is 18.6 Å². The number of nitrogens with zero attached hydrogens (tertiary/aromatic N) is 3. The minimum Gasteiger partial charge on any atom is -0.330 e. The Bertz CT molecular complexity index is 1530. The second kappa shape index (κ2) is 8.36. The van der Waals surface area contributed by atoms with Crippen molar-refractivity contribution in [3.05, 3.63) is 111 Å². The summed E-state index contributed by atoms with van der Waals surface area (Å²) in [5, 5.41) is 1.04. The lowest BCUT2D eigenvalue weighted by atomic mass is 10.0. The van der Waals surface area contributed by atoms with E-state index in [4.69, 9.17) is 4.98 Å². The Morgan fingerprint density at radius 1 is 0.909 bits per heavy atom. The van der Waals surface area contributed by atoms with Crippen LogP contribution in [0.25, 0.3) is 21.9 Å². The normalized spacial score (nSPS) is 12.5. The van der Waals surface area contributed by atoms with Crippen LogP contribution in [0, 0.1) is 20.8 Å². The molecule has 0 aliphatic carbocycles. The van der Waals surface area contributed by atoms with Gasteiger partial charge in [-0.2, -0.15) is 0 Å². The Balaban J connectivity index is 1.69. The van der Waals surface area contributed by atoms with Gasteiger partial charge in [0.25, 0.3) is 5.56 Å². The van der Waals surface area contributed by atoms with Crippen LogP contribution in [0.3, 0.4) is 0 Å². The summed E-state index contributed by atoms with van der Waals surface area (Å²) in [6.45, 7) is 9.71. The predicted octanol–water partition coefficient (Wildman–Crippen LogP) is 6.13. The zero-order chi connectivity index (χ0) is 23.1. The number of hydrogen-bond donors (Lipinski definition) is 0. The molecule has 0 fully saturated rings. The maximum atomic E-state index is 13.8. The molecule has 0 amide bonds. The molecule has 3 aromatic carbocycles. The largest absolute Gasteiger partial charge is 0.330 e. The van der Waals surface area contributed by atoms with Crippen molar-refractivity contribution in [2.75, 3.05) is 0 Å². The zero-order valence-electron chi connectivity index (χ0n) is 19.7. The summed E-state index contributed by atoms with van der Waals surface area (Å²) in [4.78, 5) is 18.6. The summed E-state index contributed by atoms with van der Waals surface area (Å²) in [6.07, 6.45) is 1.72. The first-order valence-corrected chi connectivity index (χ1v) is 11.5. The Morgan fingerprint density at radius 2 is 1.64 bits per heavy atom. The molecule has 2 heterocycles. The second-order valence-electron chi connectivity index (χ2n) is 9.25. The van der Waals surface area contributed by atoms with Crippen molar-refractivity contribution in [2.24, 2.45) is 0 Å². The fourth-order valence-electron chi connectivity index (χ4n) is 4.73. The van der Waals surface area contributed by atoms with Gasteiger partial charge in [0.15, 0.2) is 0 Å². The first-order chi connectivity index (χ1) is 15.9. The summed E-state index contributed by atoms with van der Waals surface area (Å²) in [5.74, 6) is 0.210. The van der Waals surface area contributed by atoms with Crippen molar-refractivity contribution in [1.29, 1.82) is 0 Å². The molecule has 0 radical (unpaired) electrons. The highest BCUT2D eigenvalue weighted by Gasteiger charge is 2.18. The van der Waals surface area contributed by atoms with Crippen LogP contribution in [0.1, 0.15) is 40.7 Å². The van der Waals surface area contributed by atoms with Crippen molar-refractivity contribution in [3.63, 3.8) is 0 Å². The van der Waals surface area contributed by atoms with Crippen LogP contribution >= 0.6 is 0 Å². The van der Waals surface area contributed by atoms with Crippen LogP contribution in [0.2, 0.25) is 0 Å². The highest BCUT2D eigenvalue weighted by Crippen LogP contribution is 2.28. The Morgan fingerprint density at radius 3 is 2.42 bits per heavy atom. The smallest absolute Gasteiger partial charge is 0.277 e. The van der Waals surface area contributed by atoms with Crippen LogP contribution in [0.15, 0.2) is 77.9 Å². The summed E-state index contributed by atoms with van der Waals surface area (Å²) < 4.78 is 3.93. The van der Waals surface area contributed by atoms with Gasteiger partial charge in [-0.25, -0.2) is 4.98 Å². The summed E-state index contributed by atoms with van der Waals surface area (Å²) in [5.41, 5.74) is 8.59. The first-order valence-electron chi connectivity index (χ1n) is 11.5. The Kier molecular flexibility index (Phi) is 5.37. The molecule has 166 valence electrons. The standard InChI is InChI=1S/C29H29N3O/c1-19-10-12-21(3)24(14-19)17-32-26-13-11-20(2)15-25(26)27-28(32)29(33)31(18-30-27)16-22(4)23-8-6-5-7-9-23/h5-15,18,22H,16-17H2,1-4H3/t22-/m1/s1. The molecule has 0 saturated heterocycles. The maximum Gasteiger partial charge on any atom is 0.277 e. The molecule has 0 bridgehead atoms. The lowest BCUT2D eigenvalue weighted by molar-refractivity contribution is 0.575. The van der Waals surface area contributed by atoms with Gasteiger partial charge in [-0.3, -0.25) is 9.36 Å². The molecular formula is C29H29N3O. The minimum absolute atomic E-state index is 0.0157. The van der Waals surface area contributed by atoms with E-state index in [1.54, 1.807) is 10.9 Å². The first kappa shape index (κ1) is 21.2.